The first kappa shape index (κ1) is 13.0. The van der Waals surface area contributed by atoms with Crippen LogP contribution in [0.15, 0.2) is 41.0 Å². The maximum absolute atomic E-state index is 6.09. The van der Waals surface area contributed by atoms with Crippen LogP contribution in [0.25, 0.3) is 11.6 Å². The fraction of sp³-hybridized carbons (Fsp3) is 0.0769. The molecule has 0 saturated carbocycles. The summed E-state index contributed by atoms with van der Waals surface area (Å²) in [5.41, 5.74) is 0.806. The zero-order valence-corrected chi connectivity index (χ0v) is 11.7. The van der Waals surface area contributed by atoms with Gasteiger partial charge in [0.15, 0.2) is 11.6 Å². The van der Waals surface area contributed by atoms with Crippen LogP contribution in [0, 0.1) is 0 Å². The highest BCUT2D eigenvalue weighted by Crippen LogP contribution is 2.25. The van der Waals surface area contributed by atoms with Crippen LogP contribution in [0.4, 0.5) is 5.95 Å². The molecule has 5 nitrogen and oxygen atoms in total. The Bertz CT molecular complexity index is 689. The van der Waals surface area contributed by atoms with Crippen molar-refractivity contribution < 1.29 is 4.42 Å². The highest BCUT2D eigenvalue weighted by molar-refractivity contribution is 6.36. The summed E-state index contributed by atoms with van der Waals surface area (Å²) in [7, 11) is 0. The van der Waals surface area contributed by atoms with E-state index < -0.39 is 0 Å². The molecule has 2 aromatic heterocycles. The van der Waals surface area contributed by atoms with E-state index in [4.69, 9.17) is 27.6 Å². The van der Waals surface area contributed by atoms with Crippen molar-refractivity contribution in [3.63, 3.8) is 0 Å². The van der Waals surface area contributed by atoms with E-state index in [2.05, 4.69) is 20.5 Å². The number of nitrogens with zero attached hydrogens (tertiary/aromatic N) is 2. The number of anilines is 1. The Labute approximate surface area is 124 Å². The molecule has 0 aliphatic carbocycles. The van der Waals surface area contributed by atoms with Crippen LogP contribution < -0.4 is 5.32 Å². The summed E-state index contributed by atoms with van der Waals surface area (Å²) in [5, 5.41) is 11.1. The summed E-state index contributed by atoms with van der Waals surface area (Å²) < 4.78 is 5.23. The molecule has 2 N–H and O–H groups in total. The van der Waals surface area contributed by atoms with Gasteiger partial charge in [-0.1, -0.05) is 29.3 Å². The fourth-order valence-electron chi connectivity index (χ4n) is 1.73. The zero-order valence-electron chi connectivity index (χ0n) is 10.2. The summed E-state index contributed by atoms with van der Waals surface area (Å²) in [4.78, 5) is 4.27. The van der Waals surface area contributed by atoms with Gasteiger partial charge in [-0.25, -0.2) is 0 Å². The summed E-state index contributed by atoms with van der Waals surface area (Å²) in [5.74, 6) is 1.64. The molecule has 3 rings (SSSR count). The monoisotopic (exact) mass is 308 g/mol. The molecule has 0 aliphatic heterocycles. The van der Waals surface area contributed by atoms with Crippen LogP contribution in [0.3, 0.4) is 0 Å². The van der Waals surface area contributed by atoms with Gasteiger partial charge in [0.2, 0.25) is 5.95 Å². The molecule has 0 fully saturated rings. The molecule has 0 amide bonds. The fourth-order valence-corrected chi connectivity index (χ4v) is 2.26. The van der Waals surface area contributed by atoms with Crippen LogP contribution in [-0.4, -0.2) is 15.2 Å². The molecule has 0 unspecified atom stereocenters. The SMILES string of the molecule is Clc1cccc(Cl)c1CNc1n[nH]c(-c2ccco2)n1. The van der Waals surface area contributed by atoms with Crippen molar-refractivity contribution in [1.29, 1.82) is 0 Å². The second kappa shape index (κ2) is 5.56. The summed E-state index contributed by atoms with van der Waals surface area (Å²) >= 11 is 12.2. The van der Waals surface area contributed by atoms with Gasteiger partial charge in [-0.2, -0.15) is 4.98 Å². The van der Waals surface area contributed by atoms with Crippen LogP contribution in [-0.2, 0) is 6.54 Å². The molecule has 20 heavy (non-hydrogen) atoms. The van der Waals surface area contributed by atoms with Crippen molar-refractivity contribution in [3.05, 3.63) is 52.2 Å². The number of hydrogen-bond donors (Lipinski definition) is 2. The first-order valence-electron chi connectivity index (χ1n) is 5.87. The molecule has 0 bridgehead atoms. The maximum Gasteiger partial charge on any atom is 0.242 e. The Balaban J connectivity index is 1.73. The number of H-pyrrole nitrogens is 1. The molecule has 0 aliphatic rings. The van der Waals surface area contributed by atoms with Gasteiger partial charge in [-0.05, 0) is 24.3 Å². The van der Waals surface area contributed by atoms with Gasteiger partial charge in [0.25, 0.3) is 0 Å². The Morgan fingerprint density at radius 1 is 1.15 bits per heavy atom. The highest BCUT2D eigenvalue weighted by Gasteiger charge is 2.09. The van der Waals surface area contributed by atoms with Crippen LogP contribution in [0.2, 0.25) is 10.0 Å². The minimum atomic E-state index is 0.438. The number of halogens is 2. The molecular weight excluding hydrogens is 299 g/mol. The second-order valence-corrected chi connectivity index (χ2v) is 4.85. The maximum atomic E-state index is 6.09. The Morgan fingerprint density at radius 3 is 2.65 bits per heavy atom. The van der Waals surface area contributed by atoms with Crippen LogP contribution in [0.5, 0.6) is 0 Å². The topological polar surface area (TPSA) is 66.7 Å². The molecule has 3 aromatic rings. The molecule has 7 heteroatoms. The molecule has 0 atom stereocenters. The summed E-state index contributed by atoms with van der Waals surface area (Å²) in [6.07, 6.45) is 1.58. The predicted octanol–water partition coefficient (Wildman–Crippen LogP) is 3.98. The Morgan fingerprint density at radius 2 is 1.95 bits per heavy atom. The van der Waals surface area contributed by atoms with Crippen LogP contribution in [0.1, 0.15) is 5.56 Å². The van der Waals surface area contributed by atoms with E-state index in [1.807, 2.05) is 0 Å². The van der Waals surface area contributed by atoms with Crippen molar-refractivity contribution >= 4 is 29.2 Å². The van der Waals surface area contributed by atoms with Crippen LogP contribution >= 0.6 is 23.2 Å². The lowest BCUT2D eigenvalue weighted by Gasteiger charge is -2.06. The van der Waals surface area contributed by atoms with Gasteiger partial charge in [-0.15, -0.1) is 5.10 Å². The van der Waals surface area contributed by atoms with Crippen molar-refractivity contribution in [1.82, 2.24) is 15.2 Å². The zero-order chi connectivity index (χ0) is 13.9. The van der Waals surface area contributed by atoms with Crippen molar-refractivity contribution in [2.45, 2.75) is 6.54 Å². The molecular formula is C13H10Cl2N4O. The Hall–Kier alpha value is -1.98. The van der Waals surface area contributed by atoms with Gasteiger partial charge in [0, 0.05) is 22.2 Å². The van der Waals surface area contributed by atoms with Crippen molar-refractivity contribution in [2.75, 3.05) is 5.32 Å². The van der Waals surface area contributed by atoms with Gasteiger partial charge in [0.05, 0.1) is 6.26 Å². The largest absolute Gasteiger partial charge is 0.461 e. The van der Waals surface area contributed by atoms with E-state index in [0.29, 0.717) is 34.1 Å². The number of furan rings is 1. The molecule has 0 spiro atoms. The number of hydrogen-bond acceptors (Lipinski definition) is 4. The van der Waals surface area contributed by atoms with Crippen molar-refractivity contribution in [3.8, 4) is 11.6 Å². The smallest absolute Gasteiger partial charge is 0.242 e. The molecule has 2 heterocycles. The molecule has 0 saturated heterocycles. The second-order valence-electron chi connectivity index (χ2n) is 4.04. The van der Waals surface area contributed by atoms with Gasteiger partial charge < -0.3 is 9.73 Å². The third-order valence-electron chi connectivity index (χ3n) is 2.72. The van der Waals surface area contributed by atoms with Crippen molar-refractivity contribution in [2.24, 2.45) is 0 Å². The quantitative estimate of drug-likeness (QED) is 0.765. The van der Waals surface area contributed by atoms with E-state index in [0.717, 1.165) is 5.56 Å². The van der Waals surface area contributed by atoms with E-state index >= 15 is 0 Å². The van der Waals surface area contributed by atoms with E-state index in [1.54, 1.807) is 36.6 Å². The van der Waals surface area contributed by atoms with Gasteiger partial charge in [0.1, 0.15) is 0 Å². The molecule has 0 radical (unpaired) electrons. The minimum absolute atomic E-state index is 0.438. The number of aromatic amines is 1. The first-order chi connectivity index (χ1) is 9.74. The summed E-state index contributed by atoms with van der Waals surface area (Å²) in [6.45, 7) is 0.438. The summed E-state index contributed by atoms with van der Waals surface area (Å²) in [6, 6.07) is 8.97. The average Bonchev–Trinajstić information content (AvgIpc) is 3.09. The third-order valence-corrected chi connectivity index (χ3v) is 3.43. The lowest BCUT2D eigenvalue weighted by molar-refractivity contribution is 0.577. The molecule has 102 valence electrons. The third kappa shape index (κ3) is 2.64. The number of aromatic nitrogens is 3. The number of benzene rings is 1. The first-order valence-corrected chi connectivity index (χ1v) is 6.62. The van der Waals surface area contributed by atoms with E-state index in [1.165, 1.54) is 0 Å². The van der Waals surface area contributed by atoms with Gasteiger partial charge in [-0.3, -0.25) is 5.10 Å². The minimum Gasteiger partial charge on any atom is -0.461 e. The highest BCUT2D eigenvalue weighted by atomic mass is 35.5. The number of rotatable bonds is 4. The standard InChI is InChI=1S/C13H10Cl2N4O/c14-9-3-1-4-10(15)8(9)7-16-13-17-12(18-19-13)11-5-2-6-20-11/h1-6H,7H2,(H2,16,17,18,19). The lowest BCUT2D eigenvalue weighted by Crippen LogP contribution is -2.02. The Kier molecular flexibility index (Phi) is 3.62. The predicted molar refractivity (Wildman–Crippen MR) is 77.9 cm³/mol. The van der Waals surface area contributed by atoms with E-state index in [-0.39, 0.29) is 0 Å². The van der Waals surface area contributed by atoms with Gasteiger partial charge >= 0.3 is 0 Å². The normalized spacial score (nSPS) is 10.7. The lowest BCUT2D eigenvalue weighted by atomic mass is 10.2. The molecule has 1 aromatic carbocycles. The van der Waals surface area contributed by atoms with E-state index in [9.17, 15) is 0 Å². The average molecular weight is 309 g/mol. The number of nitrogens with one attached hydrogen (secondary N) is 2.